The van der Waals surface area contributed by atoms with Crippen molar-refractivity contribution in [2.75, 3.05) is 0 Å². The number of nitrogens with one attached hydrogen (secondary N) is 1. The predicted octanol–water partition coefficient (Wildman–Crippen LogP) is 2.90. The maximum atomic E-state index is 12.2. The van der Waals surface area contributed by atoms with Gasteiger partial charge in [0.1, 0.15) is 5.82 Å². The smallest absolute Gasteiger partial charge is 0.291 e. The van der Waals surface area contributed by atoms with Gasteiger partial charge in [0.2, 0.25) is 5.82 Å². The summed E-state index contributed by atoms with van der Waals surface area (Å²) >= 11 is 5.88. The van der Waals surface area contributed by atoms with Crippen LogP contribution in [0.4, 0.5) is 0 Å². The molecule has 3 rings (SSSR count). The molecule has 1 aromatic heterocycles. The van der Waals surface area contributed by atoms with Gasteiger partial charge in [0.25, 0.3) is 5.91 Å². The number of carbonyl (C=O) groups excluding carboxylic acids is 1. The average Bonchev–Trinajstić information content (AvgIpc) is 3.09. The number of halogens is 1. The molecule has 2 aromatic rings. The van der Waals surface area contributed by atoms with E-state index in [9.17, 15) is 4.79 Å². The lowest BCUT2D eigenvalue weighted by molar-refractivity contribution is 0.0927. The zero-order valence-corrected chi connectivity index (χ0v) is 12.6. The van der Waals surface area contributed by atoms with E-state index in [-0.39, 0.29) is 17.8 Å². The lowest BCUT2D eigenvalue weighted by Crippen LogP contribution is -2.33. The molecule has 1 heterocycles. The Bertz CT molecular complexity index is 644. The Morgan fingerprint density at radius 2 is 1.95 bits per heavy atom. The molecule has 0 atom stereocenters. The van der Waals surface area contributed by atoms with Crippen molar-refractivity contribution in [2.24, 2.45) is 0 Å². The normalized spacial score (nSPS) is 15.3. The van der Waals surface area contributed by atoms with Gasteiger partial charge in [0, 0.05) is 11.1 Å². The molecule has 0 radical (unpaired) electrons. The molecule has 1 amide bonds. The van der Waals surface area contributed by atoms with Crippen molar-refractivity contribution < 1.29 is 4.79 Å². The molecular formula is C15H17ClN4O. The number of nitrogens with zero attached hydrogens (tertiary/aromatic N) is 3. The van der Waals surface area contributed by atoms with Crippen LogP contribution >= 0.6 is 11.6 Å². The van der Waals surface area contributed by atoms with E-state index in [0.29, 0.717) is 10.8 Å². The van der Waals surface area contributed by atoms with Crippen LogP contribution < -0.4 is 5.32 Å². The molecule has 110 valence electrons. The molecule has 5 nitrogen and oxygen atoms in total. The van der Waals surface area contributed by atoms with Crippen LogP contribution in [0.5, 0.6) is 0 Å². The first-order valence-corrected chi connectivity index (χ1v) is 7.52. The molecular weight excluding hydrogens is 288 g/mol. The number of benzene rings is 1. The Hall–Kier alpha value is -1.88. The standard InChI is InChI=1S/C15H17ClN4O/c1-10-17-14(15(21)18-12-4-2-3-5-12)19-20(10)13-8-6-11(16)7-9-13/h6-9,12H,2-5H2,1H3,(H,18,21). The van der Waals surface area contributed by atoms with E-state index in [2.05, 4.69) is 15.4 Å². The SMILES string of the molecule is Cc1nc(C(=O)NC2CCCC2)nn1-c1ccc(Cl)cc1. The fourth-order valence-electron chi connectivity index (χ4n) is 2.63. The first-order valence-electron chi connectivity index (χ1n) is 7.14. The fraction of sp³-hybridized carbons (Fsp3) is 0.400. The number of aryl methyl sites for hydroxylation is 1. The maximum absolute atomic E-state index is 12.2. The van der Waals surface area contributed by atoms with E-state index in [1.54, 1.807) is 16.8 Å². The number of hydrogen-bond donors (Lipinski definition) is 1. The van der Waals surface area contributed by atoms with Gasteiger partial charge in [-0.3, -0.25) is 4.79 Å². The Morgan fingerprint density at radius 3 is 2.62 bits per heavy atom. The highest BCUT2D eigenvalue weighted by Crippen LogP contribution is 2.18. The van der Waals surface area contributed by atoms with Crippen LogP contribution in [-0.4, -0.2) is 26.7 Å². The average molecular weight is 305 g/mol. The van der Waals surface area contributed by atoms with Crippen LogP contribution in [0.25, 0.3) is 5.69 Å². The van der Waals surface area contributed by atoms with Gasteiger partial charge in [0.05, 0.1) is 5.69 Å². The van der Waals surface area contributed by atoms with Crippen molar-refractivity contribution >= 4 is 17.5 Å². The van der Waals surface area contributed by atoms with E-state index in [1.807, 2.05) is 19.1 Å². The molecule has 1 aliphatic carbocycles. The van der Waals surface area contributed by atoms with Gasteiger partial charge in [-0.15, -0.1) is 5.10 Å². The molecule has 0 saturated heterocycles. The Labute approximate surface area is 128 Å². The minimum Gasteiger partial charge on any atom is -0.347 e. The summed E-state index contributed by atoms with van der Waals surface area (Å²) < 4.78 is 1.65. The molecule has 0 spiro atoms. The van der Waals surface area contributed by atoms with Gasteiger partial charge in [0.15, 0.2) is 0 Å². The van der Waals surface area contributed by atoms with Gasteiger partial charge < -0.3 is 5.32 Å². The number of rotatable bonds is 3. The molecule has 6 heteroatoms. The summed E-state index contributed by atoms with van der Waals surface area (Å²) in [6.45, 7) is 1.83. The van der Waals surface area contributed by atoms with Crippen LogP contribution in [0.15, 0.2) is 24.3 Å². The highest BCUT2D eigenvalue weighted by molar-refractivity contribution is 6.30. The second-order valence-corrected chi connectivity index (χ2v) is 5.76. The highest BCUT2D eigenvalue weighted by Gasteiger charge is 2.21. The van der Waals surface area contributed by atoms with E-state index in [4.69, 9.17) is 11.6 Å². The van der Waals surface area contributed by atoms with E-state index >= 15 is 0 Å². The van der Waals surface area contributed by atoms with Crippen LogP contribution in [0.2, 0.25) is 5.02 Å². The third kappa shape index (κ3) is 3.08. The summed E-state index contributed by atoms with van der Waals surface area (Å²) in [6.07, 6.45) is 4.44. The second kappa shape index (κ2) is 5.85. The monoisotopic (exact) mass is 304 g/mol. The van der Waals surface area contributed by atoms with Crippen LogP contribution in [-0.2, 0) is 0 Å². The molecule has 0 aliphatic heterocycles. The van der Waals surface area contributed by atoms with Gasteiger partial charge in [-0.2, -0.15) is 0 Å². The largest absolute Gasteiger partial charge is 0.347 e. The number of hydrogen-bond acceptors (Lipinski definition) is 3. The number of amides is 1. The molecule has 0 unspecified atom stereocenters. The van der Waals surface area contributed by atoms with Crippen molar-refractivity contribution in [3.8, 4) is 5.69 Å². The van der Waals surface area contributed by atoms with E-state index in [1.165, 1.54) is 12.8 Å². The second-order valence-electron chi connectivity index (χ2n) is 5.33. The third-order valence-electron chi connectivity index (χ3n) is 3.73. The molecule has 1 saturated carbocycles. The zero-order chi connectivity index (χ0) is 14.8. The Kier molecular flexibility index (Phi) is 3.92. The van der Waals surface area contributed by atoms with Crippen molar-refractivity contribution in [3.63, 3.8) is 0 Å². The van der Waals surface area contributed by atoms with Gasteiger partial charge in [-0.25, -0.2) is 9.67 Å². The zero-order valence-electron chi connectivity index (χ0n) is 11.8. The molecule has 1 N–H and O–H groups in total. The fourth-order valence-corrected chi connectivity index (χ4v) is 2.76. The maximum Gasteiger partial charge on any atom is 0.291 e. The minimum absolute atomic E-state index is 0.197. The van der Waals surface area contributed by atoms with Gasteiger partial charge in [-0.05, 0) is 44.0 Å². The first-order chi connectivity index (χ1) is 10.1. The summed E-state index contributed by atoms with van der Waals surface area (Å²) in [5.74, 6) is 0.695. The summed E-state index contributed by atoms with van der Waals surface area (Å²) in [4.78, 5) is 16.4. The topological polar surface area (TPSA) is 59.8 Å². The van der Waals surface area contributed by atoms with Gasteiger partial charge >= 0.3 is 0 Å². The number of aromatic nitrogens is 3. The molecule has 1 fully saturated rings. The molecule has 1 aromatic carbocycles. The Balaban J connectivity index is 1.80. The molecule has 0 bridgehead atoms. The van der Waals surface area contributed by atoms with Crippen molar-refractivity contribution in [2.45, 2.75) is 38.6 Å². The third-order valence-corrected chi connectivity index (χ3v) is 3.99. The molecule has 1 aliphatic rings. The predicted molar refractivity (Wildman–Crippen MR) is 80.8 cm³/mol. The lowest BCUT2D eigenvalue weighted by atomic mass is 10.2. The van der Waals surface area contributed by atoms with Crippen molar-refractivity contribution in [3.05, 3.63) is 40.9 Å². The van der Waals surface area contributed by atoms with Gasteiger partial charge in [-0.1, -0.05) is 24.4 Å². The molecule has 21 heavy (non-hydrogen) atoms. The number of carbonyl (C=O) groups is 1. The Morgan fingerprint density at radius 1 is 1.29 bits per heavy atom. The summed E-state index contributed by atoms with van der Waals surface area (Å²) in [7, 11) is 0. The quantitative estimate of drug-likeness (QED) is 0.948. The summed E-state index contributed by atoms with van der Waals surface area (Å²) in [6, 6.07) is 7.54. The van der Waals surface area contributed by atoms with Crippen LogP contribution in [0.3, 0.4) is 0 Å². The van der Waals surface area contributed by atoms with Crippen LogP contribution in [0, 0.1) is 6.92 Å². The van der Waals surface area contributed by atoms with Crippen molar-refractivity contribution in [1.29, 1.82) is 0 Å². The minimum atomic E-state index is -0.197. The van der Waals surface area contributed by atoms with Crippen molar-refractivity contribution in [1.82, 2.24) is 20.1 Å². The van der Waals surface area contributed by atoms with E-state index < -0.39 is 0 Å². The highest BCUT2D eigenvalue weighted by atomic mass is 35.5. The van der Waals surface area contributed by atoms with E-state index in [0.717, 1.165) is 18.5 Å². The summed E-state index contributed by atoms with van der Waals surface area (Å²) in [5, 5.41) is 7.96. The first kappa shape index (κ1) is 14.1. The lowest BCUT2D eigenvalue weighted by Gasteiger charge is -2.09. The summed E-state index contributed by atoms with van der Waals surface area (Å²) in [5.41, 5.74) is 0.837. The van der Waals surface area contributed by atoms with Crippen LogP contribution in [0.1, 0.15) is 42.1 Å².